The Balaban J connectivity index is 2.07. The van der Waals surface area contributed by atoms with Crippen LogP contribution in [0.25, 0.3) is 0 Å². The second-order valence-corrected chi connectivity index (χ2v) is 5.76. The van der Waals surface area contributed by atoms with Crippen LogP contribution in [-0.4, -0.2) is 30.2 Å². The van der Waals surface area contributed by atoms with Crippen molar-refractivity contribution in [3.05, 3.63) is 52.9 Å². The number of aromatic nitrogens is 1. The van der Waals surface area contributed by atoms with Gasteiger partial charge in [-0.15, -0.1) is 0 Å². The molecule has 0 saturated carbocycles. The first kappa shape index (κ1) is 18.7. The second-order valence-electron chi connectivity index (χ2n) is 5.76. The fourth-order valence-electron chi connectivity index (χ4n) is 2.65. The highest BCUT2D eigenvalue weighted by molar-refractivity contribution is 5.96. The second kappa shape index (κ2) is 9.01. The third-order valence-electron chi connectivity index (χ3n) is 3.95. The molecular weight excluding hydrogens is 320 g/mol. The Kier molecular flexibility index (Phi) is 6.74. The average Bonchev–Trinajstić information content (AvgIpc) is 3.00. The lowest BCUT2D eigenvalue weighted by Crippen LogP contribution is -2.35. The lowest BCUT2D eigenvalue weighted by atomic mass is 9.99. The van der Waals surface area contributed by atoms with Crippen LogP contribution in [0.5, 0.6) is 0 Å². The van der Waals surface area contributed by atoms with Gasteiger partial charge >= 0.3 is 5.97 Å². The molecule has 1 N–H and O–H groups in total. The van der Waals surface area contributed by atoms with Crippen LogP contribution in [-0.2, 0) is 22.4 Å². The first-order valence-corrected chi connectivity index (χ1v) is 8.50. The van der Waals surface area contributed by atoms with Crippen molar-refractivity contribution in [3.63, 3.8) is 0 Å². The number of esters is 1. The van der Waals surface area contributed by atoms with Gasteiger partial charge in [0, 0.05) is 6.54 Å². The van der Waals surface area contributed by atoms with Crippen molar-refractivity contribution in [2.75, 3.05) is 13.2 Å². The van der Waals surface area contributed by atoms with Gasteiger partial charge in [0.2, 0.25) is 0 Å². The molecule has 6 nitrogen and oxygen atoms in total. The lowest BCUT2D eigenvalue weighted by Gasteiger charge is -2.16. The molecule has 0 saturated heterocycles. The van der Waals surface area contributed by atoms with Crippen molar-refractivity contribution < 1.29 is 18.8 Å². The van der Waals surface area contributed by atoms with Gasteiger partial charge in [0.25, 0.3) is 5.91 Å². The maximum atomic E-state index is 12.5. The molecule has 1 atom stereocenters. The quantitative estimate of drug-likeness (QED) is 0.745. The van der Waals surface area contributed by atoms with Crippen LogP contribution in [0.1, 0.15) is 41.2 Å². The molecular formula is C19H24N2O4. The normalized spacial score (nSPS) is 11.8. The summed E-state index contributed by atoms with van der Waals surface area (Å²) in [7, 11) is 0. The van der Waals surface area contributed by atoms with Crippen LogP contribution < -0.4 is 5.32 Å². The minimum absolute atomic E-state index is 0.195. The molecule has 25 heavy (non-hydrogen) atoms. The van der Waals surface area contributed by atoms with Gasteiger partial charge in [0.15, 0.2) is 0 Å². The molecule has 0 spiro atoms. The number of benzene rings is 1. The van der Waals surface area contributed by atoms with Gasteiger partial charge in [-0.2, -0.15) is 0 Å². The topological polar surface area (TPSA) is 81.4 Å². The molecule has 2 aromatic rings. The van der Waals surface area contributed by atoms with Crippen molar-refractivity contribution in [1.29, 1.82) is 0 Å². The summed E-state index contributed by atoms with van der Waals surface area (Å²) in [5.41, 5.74) is 2.08. The van der Waals surface area contributed by atoms with E-state index in [1.165, 1.54) is 0 Å². The lowest BCUT2D eigenvalue weighted by molar-refractivity contribution is -0.147. The summed E-state index contributed by atoms with van der Waals surface area (Å²) in [6.45, 7) is 5.88. The summed E-state index contributed by atoms with van der Waals surface area (Å²) in [6.07, 6.45) is 1.11. The molecule has 0 radical (unpaired) electrons. The van der Waals surface area contributed by atoms with Crippen molar-refractivity contribution in [3.8, 4) is 0 Å². The monoisotopic (exact) mass is 344 g/mol. The van der Waals surface area contributed by atoms with Crippen LogP contribution in [0.4, 0.5) is 0 Å². The molecule has 0 aliphatic heterocycles. The largest absolute Gasteiger partial charge is 0.466 e. The maximum Gasteiger partial charge on any atom is 0.311 e. The van der Waals surface area contributed by atoms with Crippen LogP contribution in [0.3, 0.4) is 0 Å². The molecule has 0 aliphatic carbocycles. The third kappa shape index (κ3) is 4.92. The highest BCUT2D eigenvalue weighted by Gasteiger charge is 2.24. The van der Waals surface area contributed by atoms with Gasteiger partial charge in [-0.3, -0.25) is 9.59 Å². The van der Waals surface area contributed by atoms with Gasteiger partial charge in [-0.05, 0) is 32.3 Å². The number of hydrogen-bond acceptors (Lipinski definition) is 5. The van der Waals surface area contributed by atoms with Crippen LogP contribution in [0.15, 0.2) is 34.9 Å². The van der Waals surface area contributed by atoms with E-state index in [-0.39, 0.29) is 18.4 Å². The SMILES string of the molecule is CCOC(=O)[C@@H](CNC(=O)c1c(CC)noc1C)Cc1ccccc1. The Morgan fingerprint density at radius 3 is 2.60 bits per heavy atom. The highest BCUT2D eigenvalue weighted by atomic mass is 16.5. The zero-order chi connectivity index (χ0) is 18.2. The number of amides is 1. The van der Waals surface area contributed by atoms with E-state index in [4.69, 9.17) is 9.26 Å². The number of carbonyl (C=O) groups is 2. The molecule has 0 bridgehead atoms. The van der Waals surface area contributed by atoms with Crippen molar-refractivity contribution >= 4 is 11.9 Å². The number of nitrogens with one attached hydrogen (secondary N) is 1. The fourth-order valence-corrected chi connectivity index (χ4v) is 2.65. The molecule has 0 fully saturated rings. The Morgan fingerprint density at radius 1 is 1.24 bits per heavy atom. The predicted octanol–water partition coefficient (Wildman–Crippen LogP) is 2.70. The summed E-state index contributed by atoms with van der Waals surface area (Å²) < 4.78 is 10.2. The number of rotatable bonds is 8. The zero-order valence-corrected chi connectivity index (χ0v) is 14.9. The Labute approximate surface area is 147 Å². The van der Waals surface area contributed by atoms with Crippen LogP contribution in [0, 0.1) is 12.8 Å². The molecule has 0 aliphatic rings. The van der Waals surface area contributed by atoms with E-state index in [1.54, 1.807) is 13.8 Å². The van der Waals surface area contributed by atoms with E-state index >= 15 is 0 Å². The molecule has 1 amide bonds. The summed E-state index contributed by atoms with van der Waals surface area (Å²) in [4.78, 5) is 24.7. The van der Waals surface area contributed by atoms with Gasteiger partial charge in [0.05, 0.1) is 18.2 Å². The van der Waals surface area contributed by atoms with E-state index in [9.17, 15) is 9.59 Å². The number of nitrogens with zero attached hydrogens (tertiary/aromatic N) is 1. The molecule has 134 valence electrons. The van der Waals surface area contributed by atoms with Crippen molar-refractivity contribution in [2.24, 2.45) is 5.92 Å². The van der Waals surface area contributed by atoms with Gasteiger partial charge in [-0.1, -0.05) is 42.4 Å². The minimum Gasteiger partial charge on any atom is -0.466 e. The van der Waals surface area contributed by atoms with Crippen LogP contribution >= 0.6 is 0 Å². The van der Waals surface area contributed by atoms with E-state index in [1.807, 2.05) is 37.3 Å². The van der Waals surface area contributed by atoms with Crippen molar-refractivity contribution in [1.82, 2.24) is 10.5 Å². The Morgan fingerprint density at radius 2 is 1.96 bits per heavy atom. The summed E-state index contributed by atoms with van der Waals surface area (Å²) in [6, 6.07) is 9.67. The first-order valence-electron chi connectivity index (χ1n) is 8.50. The molecule has 1 aromatic carbocycles. The van der Waals surface area contributed by atoms with E-state index in [0.717, 1.165) is 5.56 Å². The molecule has 1 heterocycles. The smallest absolute Gasteiger partial charge is 0.311 e. The number of carbonyl (C=O) groups excluding carboxylic acids is 2. The number of aryl methyl sites for hydroxylation is 2. The van der Waals surface area contributed by atoms with E-state index in [2.05, 4.69) is 10.5 Å². The molecule has 0 unspecified atom stereocenters. The molecule has 6 heteroatoms. The van der Waals surface area contributed by atoms with E-state index < -0.39 is 5.92 Å². The Hall–Kier alpha value is -2.63. The third-order valence-corrected chi connectivity index (χ3v) is 3.95. The first-order chi connectivity index (χ1) is 12.1. The average molecular weight is 344 g/mol. The zero-order valence-electron chi connectivity index (χ0n) is 14.9. The van der Waals surface area contributed by atoms with Gasteiger partial charge < -0.3 is 14.6 Å². The predicted molar refractivity (Wildman–Crippen MR) is 93.2 cm³/mol. The highest BCUT2D eigenvalue weighted by Crippen LogP contribution is 2.15. The minimum atomic E-state index is -0.448. The standard InChI is InChI=1S/C19H24N2O4/c1-4-16-17(13(3)25-21-16)18(22)20-12-15(19(23)24-5-2)11-14-9-7-6-8-10-14/h6-10,15H,4-5,11-12H2,1-3H3,(H,20,22)/t15-/m1/s1. The molecule has 2 rings (SSSR count). The van der Waals surface area contributed by atoms with Gasteiger partial charge in [0.1, 0.15) is 11.3 Å². The number of ether oxygens (including phenoxy) is 1. The summed E-state index contributed by atoms with van der Waals surface area (Å²) in [5, 5.41) is 6.71. The summed E-state index contributed by atoms with van der Waals surface area (Å²) >= 11 is 0. The van der Waals surface area contributed by atoms with Gasteiger partial charge in [-0.25, -0.2) is 0 Å². The van der Waals surface area contributed by atoms with Crippen molar-refractivity contribution in [2.45, 2.75) is 33.6 Å². The number of hydrogen-bond donors (Lipinski definition) is 1. The fraction of sp³-hybridized carbons (Fsp3) is 0.421. The molecule has 1 aromatic heterocycles. The van der Waals surface area contributed by atoms with E-state index in [0.29, 0.717) is 36.5 Å². The maximum absolute atomic E-state index is 12.5. The summed E-state index contributed by atoms with van der Waals surface area (Å²) in [5.74, 6) is -0.566. The Bertz CT molecular complexity index is 709. The van der Waals surface area contributed by atoms with Crippen LogP contribution in [0.2, 0.25) is 0 Å².